The molecule has 0 heteroatoms. The standard InChI is InChI=1S/C44H30.C2H6/c1-2-9-26-12-6-15-31-35(26)21-30-22-40-36(27-10-4-3-5-11-27)23-41-32(42(40)25-38(30)31)19-18-29-20-39-33-16-7-13-28-14-8-17-34(44(28)33)43(39)24-37(29)41;1-2/h2-7,9-13,15-20,22-25H,8,14,21H2,1H3;1-2H3/b9-2-;. The second-order valence-electron chi connectivity index (χ2n) is 12.7. The van der Waals surface area contributed by atoms with Crippen LogP contribution in [0, 0.1) is 0 Å². The summed E-state index contributed by atoms with van der Waals surface area (Å²) in [7, 11) is 0. The Morgan fingerprint density at radius 1 is 0.543 bits per heavy atom. The fraction of sp³-hybridized carbons (Fsp3) is 0.130. The van der Waals surface area contributed by atoms with E-state index in [1.165, 1.54) is 105 Å². The molecule has 0 fully saturated rings. The number of rotatable bonds is 2. The summed E-state index contributed by atoms with van der Waals surface area (Å²) in [5.74, 6) is 0. The highest BCUT2D eigenvalue weighted by Crippen LogP contribution is 2.51. The van der Waals surface area contributed by atoms with E-state index >= 15 is 0 Å². The van der Waals surface area contributed by atoms with Crippen LogP contribution in [0.3, 0.4) is 0 Å². The predicted octanol–water partition coefficient (Wildman–Crippen LogP) is 12.8. The van der Waals surface area contributed by atoms with Crippen LogP contribution in [0.5, 0.6) is 0 Å². The van der Waals surface area contributed by atoms with Gasteiger partial charge in [0.1, 0.15) is 0 Å². The Labute approximate surface area is 271 Å². The van der Waals surface area contributed by atoms with Gasteiger partial charge in [0.15, 0.2) is 0 Å². The van der Waals surface area contributed by atoms with E-state index in [9.17, 15) is 0 Å². The van der Waals surface area contributed by atoms with Crippen LogP contribution in [0.2, 0.25) is 0 Å². The van der Waals surface area contributed by atoms with Crippen molar-refractivity contribution in [2.24, 2.45) is 0 Å². The van der Waals surface area contributed by atoms with Crippen LogP contribution >= 0.6 is 0 Å². The molecular formula is C46H36. The van der Waals surface area contributed by atoms with Crippen LogP contribution in [-0.4, -0.2) is 0 Å². The first-order chi connectivity index (χ1) is 22.8. The summed E-state index contributed by atoms with van der Waals surface area (Å²) in [6.45, 7) is 6.11. The average Bonchev–Trinajstić information content (AvgIpc) is 3.64. The van der Waals surface area contributed by atoms with Crippen molar-refractivity contribution in [3.63, 3.8) is 0 Å². The van der Waals surface area contributed by atoms with Gasteiger partial charge in [-0.1, -0.05) is 111 Å². The third-order valence-electron chi connectivity index (χ3n) is 10.4. The van der Waals surface area contributed by atoms with E-state index in [1.54, 1.807) is 0 Å². The first-order valence-electron chi connectivity index (χ1n) is 16.9. The largest absolute Gasteiger partial charge is 0.0871 e. The van der Waals surface area contributed by atoms with Crippen molar-refractivity contribution in [2.75, 3.05) is 0 Å². The van der Waals surface area contributed by atoms with Crippen molar-refractivity contribution < 1.29 is 0 Å². The van der Waals surface area contributed by atoms with Crippen LogP contribution in [0.4, 0.5) is 0 Å². The summed E-state index contributed by atoms with van der Waals surface area (Å²) in [5, 5.41) is 8.02. The summed E-state index contributed by atoms with van der Waals surface area (Å²) in [6, 6.07) is 41.8. The number of hydrogen-bond donors (Lipinski definition) is 0. The van der Waals surface area contributed by atoms with Gasteiger partial charge in [0.05, 0.1) is 0 Å². The molecule has 0 N–H and O–H groups in total. The molecule has 0 radical (unpaired) electrons. The average molecular weight is 589 g/mol. The van der Waals surface area contributed by atoms with Gasteiger partial charge >= 0.3 is 0 Å². The highest BCUT2D eigenvalue weighted by atomic mass is 14.3. The number of allylic oxidation sites excluding steroid dienone is 2. The second-order valence-corrected chi connectivity index (χ2v) is 12.7. The molecule has 0 saturated heterocycles. The number of aryl methyl sites for hydroxylation is 1. The van der Waals surface area contributed by atoms with Crippen LogP contribution < -0.4 is 0 Å². The van der Waals surface area contributed by atoms with E-state index in [4.69, 9.17) is 0 Å². The molecule has 0 amide bonds. The molecule has 46 heavy (non-hydrogen) atoms. The van der Waals surface area contributed by atoms with Gasteiger partial charge in [-0.25, -0.2) is 0 Å². The highest BCUT2D eigenvalue weighted by molar-refractivity contribution is 6.23. The van der Waals surface area contributed by atoms with Crippen molar-refractivity contribution >= 4 is 44.0 Å². The lowest BCUT2D eigenvalue weighted by atomic mass is 9.87. The molecule has 220 valence electrons. The normalized spacial score (nSPS) is 13.8. The van der Waals surface area contributed by atoms with E-state index in [1.807, 2.05) is 13.8 Å². The van der Waals surface area contributed by atoms with Crippen molar-refractivity contribution in [2.45, 2.75) is 40.0 Å². The van der Waals surface area contributed by atoms with Crippen molar-refractivity contribution in [1.29, 1.82) is 0 Å². The molecule has 3 aliphatic carbocycles. The van der Waals surface area contributed by atoms with Gasteiger partial charge < -0.3 is 0 Å². The minimum Gasteiger partial charge on any atom is -0.0871 e. The van der Waals surface area contributed by atoms with Crippen LogP contribution in [-0.2, 0) is 12.8 Å². The fourth-order valence-corrected chi connectivity index (χ4v) is 8.45. The molecule has 0 nitrogen and oxygen atoms in total. The zero-order valence-electron chi connectivity index (χ0n) is 26.7. The molecular weight excluding hydrogens is 553 g/mol. The molecule has 0 aromatic heterocycles. The van der Waals surface area contributed by atoms with Gasteiger partial charge in [-0.15, -0.1) is 0 Å². The van der Waals surface area contributed by atoms with Crippen molar-refractivity contribution in [1.82, 2.24) is 0 Å². The fourth-order valence-electron chi connectivity index (χ4n) is 8.45. The summed E-state index contributed by atoms with van der Waals surface area (Å²) >= 11 is 0. The first-order valence-corrected chi connectivity index (χ1v) is 16.9. The van der Waals surface area contributed by atoms with E-state index in [0.717, 1.165) is 19.3 Å². The quantitative estimate of drug-likeness (QED) is 0.176. The number of fused-ring (bicyclic) bond motifs is 11. The van der Waals surface area contributed by atoms with Gasteiger partial charge in [-0.2, -0.15) is 0 Å². The zero-order valence-corrected chi connectivity index (χ0v) is 26.7. The molecule has 0 aliphatic heterocycles. The van der Waals surface area contributed by atoms with Crippen LogP contribution in [0.25, 0.3) is 77.3 Å². The topological polar surface area (TPSA) is 0 Å². The Hall–Kier alpha value is -5.20. The third kappa shape index (κ3) is 3.80. The van der Waals surface area contributed by atoms with E-state index in [-0.39, 0.29) is 0 Å². The molecule has 3 aliphatic rings. The zero-order chi connectivity index (χ0) is 30.9. The number of benzene rings is 7. The smallest absolute Gasteiger partial charge is 0.000728 e. The molecule has 7 aromatic rings. The predicted molar refractivity (Wildman–Crippen MR) is 200 cm³/mol. The second kappa shape index (κ2) is 10.4. The van der Waals surface area contributed by atoms with Gasteiger partial charge in [0, 0.05) is 0 Å². The van der Waals surface area contributed by atoms with Crippen molar-refractivity contribution in [3.05, 3.63) is 155 Å². The molecule has 0 spiro atoms. The molecule has 0 unspecified atom stereocenters. The molecule has 0 bridgehead atoms. The summed E-state index contributed by atoms with van der Waals surface area (Å²) in [6.07, 6.45) is 10.1. The third-order valence-corrected chi connectivity index (χ3v) is 10.4. The van der Waals surface area contributed by atoms with Gasteiger partial charge in [-0.3, -0.25) is 0 Å². The van der Waals surface area contributed by atoms with Crippen LogP contribution in [0.15, 0.2) is 121 Å². The van der Waals surface area contributed by atoms with Crippen LogP contribution in [0.1, 0.15) is 60.6 Å². The first kappa shape index (κ1) is 27.1. The van der Waals surface area contributed by atoms with Crippen molar-refractivity contribution in [3.8, 4) is 33.4 Å². The maximum Gasteiger partial charge on any atom is -0.000728 e. The van der Waals surface area contributed by atoms with Gasteiger partial charge in [-0.05, 0) is 161 Å². The maximum atomic E-state index is 2.50. The minimum absolute atomic E-state index is 0.981. The summed E-state index contributed by atoms with van der Waals surface area (Å²) < 4.78 is 0. The Kier molecular flexibility index (Phi) is 6.15. The monoisotopic (exact) mass is 588 g/mol. The number of hydrogen-bond acceptors (Lipinski definition) is 0. The van der Waals surface area contributed by atoms with Gasteiger partial charge in [0.25, 0.3) is 0 Å². The lowest BCUT2D eigenvalue weighted by molar-refractivity contribution is 0.982. The summed E-state index contributed by atoms with van der Waals surface area (Å²) in [4.78, 5) is 0. The molecule has 10 rings (SSSR count). The Bertz CT molecular complexity index is 2450. The molecule has 7 aromatic carbocycles. The minimum atomic E-state index is 0.981. The molecule has 0 heterocycles. The Morgan fingerprint density at radius 2 is 1.33 bits per heavy atom. The van der Waals surface area contributed by atoms with Gasteiger partial charge in [0.2, 0.25) is 0 Å². The van der Waals surface area contributed by atoms with E-state index in [2.05, 4.69) is 134 Å². The van der Waals surface area contributed by atoms with E-state index < -0.39 is 0 Å². The lowest BCUT2D eigenvalue weighted by Gasteiger charge is -2.16. The Balaban J connectivity index is 0.00000143. The summed E-state index contributed by atoms with van der Waals surface area (Å²) in [5.41, 5.74) is 18.1. The molecule has 0 saturated carbocycles. The SMILES string of the molecule is C/C=C\c1cccc2c1Cc1cc3c(-c4ccccc4)cc4c5cc6c(cc5ccc4c3cc1-2)-c1cccc2c1C6=CCC2.CC. The maximum absolute atomic E-state index is 2.50. The highest BCUT2D eigenvalue weighted by Gasteiger charge is 2.29. The Morgan fingerprint density at radius 3 is 2.20 bits per heavy atom. The van der Waals surface area contributed by atoms with E-state index in [0.29, 0.717) is 0 Å². The molecule has 0 atom stereocenters. The lowest BCUT2D eigenvalue weighted by Crippen LogP contribution is -1.97.